The van der Waals surface area contributed by atoms with Gasteiger partial charge in [-0.3, -0.25) is 0 Å². The van der Waals surface area contributed by atoms with E-state index < -0.39 is 0 Å². The van der Waals surface area contributed by atoms with Crippen molar-refractivity contribution in [3.63, 3.8) is 0 Å². The van der Waals surface area contributed by atoms with E-state index in [-0.39, 0.29) is 11.2 Å². The molecule has 1 aromatic carbocycles. The molecule has 2 unspecified atom stereocenters. The van der Waals surface area contributed by atoms with Crippen molar-refractivity contribution in [2.24, 2.45) is 17.3 Å². The third kappa shape index (κ3) is 3.58. The summed E-state index contributed by atoms with van der Waals surface area (Å²) in [6.07, 6.45) is 4.63. The van der Waals surface area contributed by atoms with Gasteiger partial charge in [0.25, 0.3) is 0 Å². The molecule has 0 spiro atoms. The molecule has 4 heteroatoms. The number of fused-ring (bicyclic) bond motifs is 1. The molecular formula is C17H23ClFNO. The highest BCUT2D eigenvalue weighted by Crippen LogP contribution is 2.60. The number of ether oxygens (including phenoxy) is 1. The van der Waals surface area contributed by atoms with Crippen molar-refractivity contribution in [1.29, 1.82) is 0 Å². The fraction of sp³-hybridized carbons (Fsp3) is 0.647. The Hall–Kier alpha value is -0.640. The Balaban J connectivity index is 1.67. The molecule has 2 fully saturated rings. The van der Waals surface area contributed by atoms with Gasteiger partial charge in [-0.25, -0.2) is 4.39 Å². The van der Waals surface area contributed by atoms with Crippen molar-refractivity contribution in [3.8, 4) is 0 Å². The van der Waals surface area contributed by atoms with Gasteiger partial charge in [0.1, 0.15) is 5.82 Å². The monoisotopic (exact) mass is 311 g/mol. The van der Waals surface area contributed by atoms with Gasteiger partial charge in [-0.05, 0) is 60.6 Å². The van der Waals surface area contributed by atoms with Crippen LogP contribution in [0.15, 0.2) is 18.2 Å². The molecule has 2 aliphatic carbocycles. The quantitative estimate of drug-likeness (QED) is 0.776. The Morgan fingerprint density at radius 3 is 2.81 bits per heavy atom. The smallest absolute Gasteiger partial charge is 0.127 e. The third-order valence-electron chi connectivity index (χ3n) is 5.02. The number of methoxy groups -OCH3 is 1. The molecule has 2 nitrogen and oxygen atoms in total. The molecule has 0 radical (unpaired) electrons. The van der Waals surface area contributed by atoms with E-state index in [4.69, 9.17) is 16.3 Å². The zero-order valence-corrected chi connectivity index (χ0v) is 13.3. The van der Waals surface area contributed by atoms with E-state index in [1.807, 2.05) is 6.07 Å². The van der Waals surface area contributed by atoms with E-state index in [1.54, 1.807) is 13.2 Å². The maximum absolute atomic E-state index is 14.1. The van der Waals surface area contributed by atoms with E-state index in [2.05, 4.69) is 5.32 Å². The molecular weight excluding hydrogens is 289 g/mol. The third-order valence-corrected chi connectivity index (χ3v) is 5.26. The first kappa shape index (κ1) is 15.3. The second-order valence-electron chi connectivity index (χ2n) is 6.75. The van der Waals surface area contributed by atoms with E-state index in [9.17, 15) is 4.39 Å². The van der Waals surface area contributed by atoms with Gasteiger partial charge in [-0.2, -0.15) is 0 Å². The van der Waals surface area contributed by atoms with E-state index >= 15 is 0 Å². The van der Waals surface area contributed by atoms with Crippen molar-refractivity contribution >= 4 is 11.6 Å². The SMILES string of the molecule is COCCNCC1(Cc2ccc(Cl)cc2F)CC2CC2C1. The van der Waals surface area contributed by atoms with Crippen LogP contribution < -0.4 is 5.32 Å². The topological polar surface area (TPSA) is 21.3 Å². The highest BCUT2D eigenvalue weighted by Gasteiger charge is 2.53. The number of hydrogen-bond donors (Lipinski definition) is 1. The lowest BCUT2D eigenvalue weighted by Gasteiger charge is -2.32. The van der Waals surface area contributed by atoms with Gasteiger partial charge in [0, 0.05) is 25.2 Å². The summed E-state index contributed by atoms with van der Waals surface area (Å²) in [5.74, 6) is 1.59. The van der Waals surface area contributed by atoms with Crippen molar-refractivity contribution in [1.82, 2.24) is 5.32 Å². The summed E-state index contributed by atoms with van der Waals surface area (Å²) in [6.45, 7) is 2.53. The number of halogens is 2. The van der Waals surface area contributed by atoms with Crippen molar-refractivity contribution in [2.45, 2.75) is 25.7 Å². The summed E-state index contributed by atoms with van der Waals surface area (Å²) in [5.41, 5.74) is 1.00. The second kappa shape index (κ2) is 6.23. The highest BCUT2D eigenvalue weighted by molar-refractivity contribution is 6.30. The molecule has 1 N–H and O–H groups in total. The van der Waals surface area contributed by atoms with Crippen LogP contribution >= 0.6 is 11.6 Å². The van der Waals surface area contributed by atoms with E-state index in [0.717, 1.165) is 43.5 Å². The normalized spacial score (nSPS) is 30.4. The number of hydrogen-bond acceptors (Lipinski definition) is 2. The molecule has 0 saturated heterocycles. The minimum Gasteiger partial charge on any atom is -0.383 e. The molecule has 0 heterocycles. The van der Waals surface area contributed by atoms with E-state index in [1.165, 1.54) is 25.3 Å². The summed E-state index contributed by atoms with van der Waals surface area (Å²) >= 11 is 5.85. The van der Waals surface area contributed by atoms with Gasteiger partial charge in [0.2, 0.25) is 0 Å². The number of benzene rings is 1. The van der Waals surface area contributed by atoms with Crippen LogP contribution in [0.2, 0.25) is 5.02 Å². The Bertz CT molecular complexity index is 498. The number of nitrogens with one attached hydrogen (secondary N) is 1. The van der Waals surface area contributed by atoms with Gasteiger partial charge in [0.05, 0.1) is 6.61 Å². The largest absolute Gasteiger partial charge is 0.383 e. The molecule has 0 amide bonds. The standard InChI is InChI=1S/C17H23ClFNO/c1-21-5-4-20-11-17(9-13-6-14(13)10-17)8-12-2-3-15(18)7-16(12)19/h2-3,7,13-14,20H,4-6,8-11H2,1H3. The summed E-state index contributed by atoms with van der Waals surface area (Å²) in [7, 11) is 1.71. The fourth-order valence-electron chi connectivity index (χ4n) is 3.95. The molecule has 2 atom stereocenters. The van der Waals surface area contributed by atoms with Crippen LogP contribution in [-0.4, -0.2) is 26.8 Å². The zero-order chi connectivity index (χ0) is 14.9. The summed E-state index contributed by atoms with van der Waals surface area (Å²) < 4.78 is 19.2. The Kier molecular flexibility index (Phi) is 4.53. The Morgan fingerprint density at radius 2 is 2.14 bits per heavy atom. The average molecular weight is 312 g/mol. The predicted octanol–water partition coefficient (Wildman–Crippen LogP) is 3.67. The van der Waals surface area contributed by atoms with Crippen LogP contribution in [0.3, 0.4) is 0 Å². The van der Waals surface area contributed by atoms with Crippen molar-refractivity contribution in [2.75, 3.05) is 26.8 Å². The van der Waals surface area contributed by atoms with Crippen molar-refractivity contribution < 1.29 is 9.13 Å². The van der Waals surface area contributed by atoms with Crippen LogP contribution in [0.5, 0.6) is 0 Å². The molecule has 0 bridgehead atoms. The predicted molar refractivity (Wildman–Crippen MR) is 83.1 cm³/mol. The van der Waals surface area contributed by atoms with Crippen LogP contribution in [0, 0.1) is 23.1 Å². The molecule has 116 valence electrons. The minimum absolute atomic E-state index is 0.167. The summed E-state index contributed by atoms with van der Waals surface area (Å²) in [4.78, 5) is 0. The minimum atomic E-state index is -0.167. The van der Waals surface area contributed by atoms with Crippen LogP contribution in [-0.2, 0) is 11.2 Å². The van der Waals surface area contributed by atoms with Crippen LogP contribution in [0.1, 0.15) is 24.8 Å². The zero-order valence-electron chi connectivity index (χ0n) is 12.5. The molecule has 1 aromatic rings. The fourth-order valence-corrected chi connectivity index (χ4v) is 4.11. The van der Waals surface area contributed by atoms with Crippen molar-refractivity contribution in [3.05, 3.63) is 34.6 Å². The Labute approximate surface area is 131 Å². The van der Waals surface area contributed by atoms with Gasteiger partial charge < -0.3 is 10.1 Å². The lowest BCUT2D eigenvalue weighted by atomic mass is 9.77. The lowest BCUT2D eigenvalue weighted by Crippen LogP contribution is -2.36. The lowest BCUT2D eigenvalue weighted by molar-refractivity contribution is 0.186. The van der Waals surface area contributed by atoms with Gasteiger partial charge in [-0.15, -0.1) is 0 Å². The van der Waals surface area contributed by atoms with Crippen LogP contribution in [0.4, 0.5) is 4.39 Å². The maximum atomic E-state index is 14.1. The molecule has 21 heavy (non-hydrogen) atoms. The average Bonchev–Trinajstić information content (AvgIpc) is 3.07. The highest BCUT2D eigenvalue weighted by atomic mass is 35.5. The molecule has 0 aromatic heterocycles. The van der Waals surface area contributed by atoms with Gasteiger partial charge >= 0.3 is 0 Å². The maximum Gasteiger partial charge on any atom is 0.127 e. The first-order valence-corrected chi connectivity index (χ1v) is 8.13. The molecule has 2 saturated carbocycles. The summed E-state index contributed by atoms with van der Waals surface area (Å²) in [5, 5.41) is 3.96. The molecule has 3 rings (SSSR count). The van der Waals surface area contributed by atoms with E-state index in [0.29, 0.717) is 5.02 Å². The van der Waals surface area contributed by atoms with Gasteiger partial charge in [-0.1, -0.05) is 17.7 Å². The molecule has 2 aliphatic rings. The van der Waals surface area contributed by atoms with Crippen LogP contribution in [0.25, 0.3) is 0 Å². The Morgan fingerprint density at radius 1 is 1.38 bits per heavy atom. The molecule has 0 aliphatic heterocycles. The number of rotatable bonds is 7. The first-order valence-electron chi connectivity index (χ1n) is 7.75. The van der Waals surface area contributed by atoms with Gasteiger partial charge in [0.15, 0.2) is 0 Å². The summed E-state index contributed by atoms with van der Waals surface area (Å²) in [6, 6.07) is 5.07. The first-order chi connectivity index (χ1) is 10.1. The second-order valence-corrected chi connectivity index (χ2v) is 7.18.